The first-order valence-corrected chi connectivity index (χ1v) is 8.05. The summed E-state index contributed by atoms with van der Waals surface area (Å²) in [6, 6.07) is 5.10. The number of Topliss-reactive ketones (excluding diaryl/α,β-unsaturated/α-hetero) is 1. The van der Waals surface area contributed by atoms with Crippen LogP contribution in [0.5, 0.6) is 0 Å². The number of ketones is 1. The molecule has 1 aromatic carbocycles. The third-order valence-corrected chi connectivity index (χ3v) is 4.74. The topological polar surface area (TPSA) is 94.3 Å². The Kier molecular flexibility index (Phi) is 5.38. The van der Waals surface area contributed by atoms with Crippen molar-refractivity contribution in [3.05, 3.63) is 39.9 Å². The number of nitro groups is 1. The van der Waals surface area contributed by atoms with Crippen LogP contribution in [0.2, 0.25) is 0 Å². The van der Waals surface area contributed by atoms with Crippen molar-refractivity contribution in [2.45, 2.75) is 20.3 Å². The second-order valence-electron chi connectivity index (χ2n) is 4.80. The van der Waals surface area contributed by atoms with Crippen LogP contribution in [-0.2, 0) is 9.84 Å². The van der Waals surface area contributed by atoms with Gasteiger partial charge in [0.25, 0.3) is 5.69 Å². The van der Waals surface area contributed by atoms with Gasteiger partial charge in [-0.05, 0) is 5.92 Å². The molecule has 1 unspecified atom stereocenters. The Balaban J connectivity index is 2.86. The van der Waals surface area contributed by atoms with Gasteiger partial charge in [-0.25, -0.2) is 8.42 Å². The van der Waals surface area contributed by atoms with Crippen LogP contribution in [0.25, 0.3) is 0 Å². The molecule has 1 aromatic rings. The molecule has 0 radical (unpaired) electrons. The molecule has 0 aliphatic carbocycles. The maximum absolute atomic E-state index is 11.9. The summed E-state index contributed by atoms with van der Waals surface area (Å²) in [5.41, 5.74) is -0.179. The third kappa shape index (κ3) is 4.73. The first-order valence-electron chi connectivity index (χ1n) is 6.23. The molecule has 0 fully saturated rings. The average molecular weight is 299 g/mol. The summed E-state index contributed by atoms with van der Waals surface area (Å²) in [6.45, 7) is 3.68. The smallest absolute Gasteiger partial charge is 0.270 e. The normalized spacial score (nSPS) is 12.9. The van der Waals surface area contributed by atoms with Gasteiger partial charge in [-0.2, -0.15) is 0 Å². The summed E-state index contributed by atoms with van der Waals surface area (Å²) in [5, 5.41) is 10.6. The second-order valence-corrected chi connectivity index (χ2v) is 6.91. The molecular weight excluding hydrogens is 282 g/mol. The van der Waals surface area contributed by atoms with Crippen LogP contribution in [0.4, 0.5) is 5.69 Å². The first-order chi connectivity index (χ1) is 9.25. The van der Waals surface area contributed by atoms with Crippen molar-refractivity contribution in [3.63, 3.8) is 0 Å². The zero-order valence-electron chi connectivity index (χ0n) is 11.4. The molecular formula is C13H17NO5S. The average Bonchev–Trinajstić information content (AvgIpc) is 2.37. The Bertz CT molecular complexity index is 609. The van der Waals surface area contributed by atoms with Crippen molar-refractivity contribution in [3.8, 4) is 0 Å². The SMILES string of the molecule is CCC(C)CS(=O)(=O)CC(=O)c1cccc([N+](=O)[O-])c1. The predicted octanol–water partition coefficient (Wildman–Crippen LogP) is 2.24. The molecule has 0 saturated carbocycles. The summed E-state index contributed by atoms with van der Waals surface area (Å²) < 4.78 is 23.7. The number of hydrogen-bond donors (Lipinski definition) is 0. The Morgan fingerprint density at radius 3 is 2.60 bits per heavy atom. The van der Waals surface area contributed by atoms with Gasteiger partial charge in [0.05, 0.1) is 10.7 Å². The fourth-order valence-electron chi connectivity index (χ4n) is 1.69. The van der Waals surface area contributed by atoms with Crippen LogP contribution in [0.1, 0.15) is 30.6 Å². The number of sulfone groups is 1. The Morgan fingerprint density at radius 2 is 2.05 bits per heavy atom. The maximum atomic E-state index is 11.9. The van der Waals surface area contributed by atoms with Crippen molar-refractivity contribution >= 4 is 21.3 Å². The molecule has 1 atom stereocenters. The molecule has 0 N–H and O–H groups in total. The molecule has 7 heteroatoms. The maximum Gasteiger partial charge on any atom is 0.270 e. The number of carbonyl (C=O) groups excluding carboxylic acids is 1. The number of carbonyl (C=O) groups is 1. The zero-order chi connectivity index (χ0) is 15.3. The van der Waals surface area contributed by atoms with Crippen LogP contribution in [0, 0.1) is 16.0 Å². The van der Waals surface area contributed by atoms with Crippen LogP contribution in [0.15, 0.2) is 24.3 Å². The van der Waals surface area contributed by atoms with E-state index in [-0.39, 0.29) is 22.9 Å². The molecule has 0 aliphatic rings. The van der Waals surface area contributed by atoms with E-state index in [2.05, 4.69) is 0 Å². The molecule has 0 heterocycles. The van der Waals surface area contributed by atoms with E-state index in [4.69, 9.17) is 0 Å². The summed E-state index contributed by atoms with van der Waals surface area (Å²) in [7, 11) is -3.49. The highest BCUT2D eigenvalue weighted by molar-refractivity contribution is 7.92. The van der Waals surface area contributed by atoms with Gasteiger partial charge in [-0.15, -0.1) is 0 Å². The molecule has 110 valence electrons. The van der Waals surface area contributed by atoms with Crippen LogP contribution in [-0.4, -0.2) is 30.6 Å². The third-order valence-electron chi connectivity index (χ3n) is 2.97. The highest BCUT2D eigenvalue weighted by atomic mass is 32.2. The lowest BCUT2D eigenvalue weighted by atomic mass is 10.1. The van der Waals surface area contributed by atoms with E-state index in [1.165, 1.54) is 18.2 Å². The lowest BCUT2D eigenvalue weighted by Gasteiger charge is -2.08. The summed E-state index contributed by atoms with van der Waals surface area (Å²) in [6.07, 6.45) is 0.713. The lowest BCUT2D eigenvalue weighted by molar-refractivity contribution is -0.384. The first kappa shape index (κ1) is 16.3. The number of nitrogens with zero attached hydrogens (tertiary/aromatic N) is 1. The second kappa shape index (κ2) is 6.60. The van der Waals surface area contributed by atoms with Gasteiger partial charge in [0, 0.05) is 17.7 Å². The number of nitro benzene ring substituents is 1. The van der Waals surface area contributed by atoms with Gasteiger partial charge in [-0.3, -0.25) is 14.9 Å². The predicted molar refractivity (Wildman–Crippen MR) is 75.5 cm³/mol. The quantitative estimate of drug-likeness (QED) is 0.437. The van der Waals surface area contributed by atoms with E-state index in [9.17, 15) is 23.3 Å². The van der Waals surface area contributed by atoms with E-state index in [1.807, 2.05) is 6.92 Å². The van der Waals surface area contributed by atoms with Crippen molar-refractivity contribution in [2.24, 2.45) is 5.92 Å². The van der Waals surface area contributed by atoms with E-state index < -0.39 is 26.3 Å². The molecule has 1 rings (SSSR count). The van der Waals surface area contributed by atoms with Crippen LogP contribution < -0.4 is 0 Å². The molecule has 6 nitrogen and oxygen atoms in total. The van der Waals surface area contributed by atoms with Gasteiger partial charge in [0.2, 0.25) is 0 Å². The van der Waals surface area contributed by atoms with Gasteiger partial charge >= 0.3 is 0 Å². The highest BCUT2D eigenvalue weighted by Crippen LogP contribution is 2.15. The minimum atomic E-state index is -3.49. The summed E-state index contributed by atoms with van der Waals surface area (Å²) in [4.78, 5) is 21.9. The summed E-state index contributed by atoms with van der Waals surface area (Å²) in [5.74, 6) is -1.29. The fraction of sp³-hybridized carbons (Fsp3) is 0.462. The summed E-state index contributed by atoms with van der Waals surface area (Å²) >= 11 is 0. The minimum absolute atomic E-state index is 0.0158. The molecule has 0 saturated heterocycles. The van der Waals surface area contributed by atoms with Crippen LogP contribution >= 0.6 is 0 Å². The Morgan fingerprint density at radius 1 is 1.40 bits per heavy atom. The van der Waals surface area contributed by atoms with Crippen LogP contribution in [0.3, 0.4) is 0 Å². The molecule has 20 heavy (non-hydrogen) atoms. The van der Waals surface area contributed by atoms with Crippen molar-refractivity contribution in [1.29, 1.82) is 0 Å². The van der Waals surface area contributed by atoms with Gasteiger partial charge < -0.3 is 0 Å². The highest BCUT2D eigenvalue weighted by Gasteiger charge is 2.21. The van der Waals surface area contributed by atoms with E-state index in [1.54, 1.807) is 6.92 Å². The lowest BCUT2D eigenvalue weighted by Crippen LogP contribution is -2.22. The standard InChI is InChI=1S/C13H17NO5S/c1-3-10(2)8-20(18,19)9-13(15)11-5-4-6-12(7-11)14(16)17/h4-7,10H,3,8-9H2,1-2H3. The minimum Gasteiger partial charge on any atom is -0.293 e. The van der Waals surface area contributed by atoms with Crippen molar-refractivity contribution in [2.75, 3.05) is 11.5 Å². The fourth-order valence-corrected chi connectivity index (χ4v) is 3.47. The van der Waals surface area contributed by atoms with Gasteiger partial charge in [0.1, 0.15) is 5.75 Å². The van der Waals surface area contributed by atoms with Gasteiger partial charge in [0.15, 0.2) is 15.6 Å². The monoisotopic (exact) mass is 299 g/mol. The largest absolute Gasteiger partial charge is 0.293 e. The number of rotatable bonds is 7. The Labute approximate surface area is 117 Å². The zero-order valence-corrected chi connectivity index (χ0v) is 12.2. The number of hydrogen-bond acceptors (Lipinski definition) is 5. The molecule has 0 aliphatic heterocycles. The van der Waals surface area contributed by atoms with Crippen molar-refractivity contribution in [1.82, 2.24) is 0 Å². The Hall–Kier alpha value is -1.76. The molecule has 0 amide bonds. The number of benzene rings is 1. The molecule has 0 aromatic heterocycles. The van der Waals surface area contributed by atoms with E-state index in [0.717, 1.165) is 6.07 Å². The van der Waals surface area contributed by atoms with Crippen molar-refractivity contribution < 1.29 is 18.1 Å². The molecule has 0 spiro atoms. The number of non-ortho nitro benzene ring substituents is 1. The van der Waals surface area contributed by atoms with E-state index >= 15 is 0 Å². The van der Waals surface area contributed by atoms with E-state index in [0.29, 0.717) is 6.42 Å². The molecule has 0 bridgehead atoms. The van der Waals surface area contributed by atoms with Gasteiger partial charge in [-0.1, -0.05) is 32.4 Å².